The molecule has 0 saturated heterocycles. The van der Waals surface area contributed by atoms with Gasteiger partial charge in [0.15, 0.2) is 0 Å². The Kier molecular flexibility index (Phi) is 1.93. The van der Waals surface area contributed by atoms with Crippen molar-refractivity contribution in [2.45, 2.75) is 19.3 Å². The first kappa shape index (κ1) is 8.10. The van der Waals surface area contributed by atoms with Crippen LogP contribution >= 0.6 is 0 Å². The van der Waals surface area contributed by atoms with Crippen molar-refractivity contribution in [3.8, 4) is 5.75 Å². The van der Waals surface area contributed by atoms with Crippen LogP contribution in [0.5, 0.6) is 5.75 Å². The lowest BCUT2D eigenvalue weighted by Gasteiger charge is -2.16. The lowest BCUT2D eigenvalue weighted by molar-refractivity contribution is 0.316. The maximum absolute atomic E-state index is 9.23. The van der Waals surface area contributed by atoms with Crippen LogP contribution in [0, 0.1) is 0 Å². The molecule has 2 rings (SSSR count). The maximum Gasteiger partial charge on any atom is 0.115 e. The number of hydrogen-bond acceptors (Lipinski definition) is 3. The molecule has 0 spiro atoms. The fraction of sp³-hybridized carbons (Fsp3) is 0.300. The first-order valence-corrected chi connectivity index (χ1v) is 4.30. The Labute approximate surface area is 76.3 Å². The van der Waals surface area contributed by atoms with Gasteiger partial charge in [-0.15, -0.1) is 0 Å². The van der Waals surface area contributed by atoms with Crippen LogP contribution in [-0.2, 0) is 12.8 Å². The summed E-state index contributed by atoms with van der Waals surface area (Å²) in [5, 5.41) is 21.1. The second kappa shape index (κ2) is 3.09. The zero-order chi connectivity index (χ0) is 9.26. The lowest BCUT2D eigenvalue weighted by Crippen LogP contribution is -2.13. The Morgan fingerprint density at radius 2 is 2.00 bits per heavy atom. The minimum Gasteiger partial charge on any atom is -0.508 e. The van der Waals surface area contributed by atoms with Crippen LogP contribution < -0.4 is 0 Å². The fourth-order valence-corrected chi connectivity index (χ4v) is 1.69. The summed E-state index contributed by atoms with van der Waals surface area (Å²) in [6, 6.07) is 5.33. The summed E-state index contributed by atoms with van der Waals surface area (Å²) in [5.74, 6) is 0.308. The van der Waals surface area contributed by atoms with Gasteiger partial charge in [-0.1, -0.05) is 11.2 Å². The Balaban J connectivity index is 2.37. The molecule has 0 aliphatic heterocycles. The minimum absolute atomic E-state index is 0.308. The predicted molar refractivity (Wildman–Crippen MR) is 49.4 cm³/mol. The quantitative estimate of drug-likeness (QED) is 0.468. The normalized spacial score (nSPS) is 18.6. The molecule has 13 heavy (non-hydrogen) atoms. The monoisotopic (exact) mass is 177 g/mol. The molecule has 0 radical (unpaired) electrons. The Morgan fingerprint density at radius 1 is 1.15 bits per heavy atom. The van der Waals surface area contributed by atoms with E-state index in [1.807, 2.05) is 6.07 Å². The minimum atomic E-state index is 0.308. The second-order valence-electron chi connectivity index (χ2n) is 3.30. The number of oxime groups is 1. The molecule has 0 heterocycles. The van der Waals surface area contributed by atoms with Gasteiger partial charge >= 0.3 is 0 Å². The van der Waals surface area contributed by atoms with E-state index in [0.717, 1.165) is 29.7 Å². The molecule has 0 bridgehead atoms. The molecule has 0 fully saturated rings. The van der Waals surface area contributed by atoms with Crippen LogP contribution in [0.15, 0.2) is 23.4 Å². The zero-order valence-electron chi connectivity index (χ0n) is 7.20. The van der Waals surface area contributed by atoms with Gasteiger partial charge in [0.25, 0.3) is 0 Å². The molecule has 68 valence electrons. The average molecular weight is 177 g/mol. The van der Waals surface area contributed by atoms with E-state index in [2.05, 4.69) is 5.16 Å². The Morgan fingerprint density at radius 3 is 2.77 bits per heavy atom. The van der Waals surface area contributed by atoms with Crippen molar-refractivity contribution < 1.29 is 10.3 Å². The van der Waals surface area contributed by atoms with Gasteiger partial charge in [0.2, 0.25) is 0 Å². The van der Waals surface area contributed by atoms with E-state index >= 15 is 0 Å². The van der Waals surface area contributed by atoms with Crippen LogP contribution in [0.2, 0.25) is 0 Å². The van der Waals surface area contributed by atoms with E-state index in [1.165, 1.54) is 0 Å². The van der Waals surface area contributed by atoms with Crippen LogP contribution in [0.4, 0.5) is 0 Å². The van der Waals surface area contributed by atoms with Crippen molar-refractivity contribution in [2.24, 2.45) is 5.16 Å². The van der Waals surface area contributed by atoms with Crippen molar-refractivity contribution in [1.82, 2.24) is 0 Å². The Bertz CT molecular complexity index is 358. The maximum atomic E-state index is 9.23. The largest absolute Gasteiger partial charge is 0.508 e. The van der Waals surface area contributed by atoms with Crippen molar-refractivity contribution in [3.63, 3.8) is 0 Å². The van der Waals surface area contributed by atoms with Gasteiger partial charge in [-0.25, -0.2) is 0 Å². The highest BCUT2D eigenvalue weighted by atomic mass is 16.4. The summed E-state index contributed by atoms with van der Waals surface area (Å²) < 4.78 is 0. The molecule has 0 aromatic heterocycles. The molecule has 0 amide bonds. The number of hydrogen-bond donors (Lipinski definition) is 2. The summed E-state index contributed by atoms with van der Waals surface area (Å²) in [7, 11) is 0. The number of benzene rings is 1. The van der Waals surface area contributed by atoms with E-state index in [0.29, 0.717) is 12.2 Å². The number of nitrogens with zero attached hydrogens (tertiary/aromatic N) is 1. The smallest absolute Gasteiger partial charge is 0.115 e. The number of rotatable bonds is 0. The third kappa shape index (κ3) is 1.49. The first-order valence-electron chi connectivity index (χ1n) is 4.30. The van der Waals surface area contributed by atoms with Crippen molar-refractivity contribution >= 4 is 5.71 Å². The number of aryl methyl sites for hydroxylation is 1. The SMILES string of the molecule is O/N=C1\CCc2cc(O)ccc2C1. The van der Waals surface area contributed by atoms with Crippen LogP contribution in [0.1, 0.15) is 17.5 Å². The molecule has 0 atom stereocenters. The molecule has 1 aromatic carbocycles. The summed E-state index contributed by atoms with van der Waals surface area (Å²) in [6.07, 6.45) is 2.34. The summed E-state index contributed by atoms with van der Waals surface area (Å²) >= 11 is 0. The van der Waals surface area contributed by atoms with Crippen LogP contribution in [0.25, 0.3) is 0 Å². The topological polar surface area (TPSA) is 52.8 Å². The highest BCUT2D eigenvalue weighted by Crippen LogP contribution is 2.23. The molecular formula is C10H11NO2. The summed E-state index contributed by atoms with van der Waals surface area (Å²) in [6.45, 7) is 0. The number of phenolic OH excluding ortho intramolecular Hbond substituents is 1. The van der Waals surface area contributed by atoms with Gasteiger partial charge in [0.05, 0.1) is 5.71 Å². The van der Waals surface area contributed by atoms with Crippen molar-refractivity contribution in [2.75, 3.05) is 0 Å². The fourth-order valence-electron chi connectivity index (χ4n) is 1.69. The number of aromatic hydroxyl groups is 1. The van der Waals surface area contributed by atoms with Crippen molar-refractivity contribution in [1.29, 1.82) is 0 Å². The van der Waals surface area contributed by atoms with E-state index in [-0.39, 0.29) is 0 Å². The highest BCUT2D eigenvalue weighted by molar-refractivity contribution is 5.88. The van der Waals surface area contributed by atoms with Gasteiger partial charge in [0, 0.05) is 6.42 Å². The number of phenols is 1. The lowest BCUT2D eigenvalue weighted by atomic mass is 9.90. The Hall–Kier alpha value is -1.51. The van der Waals surface area contributed by atoms with E-state index < -0.39 is 0 Å². The highest BCUT2D eigenvalue weighted by Gasteiger charge is 2.14. The molecule has 2 N–H and O–H groups in total. The molecule has 0 saturated carbocycles. The molecule has 0 unspecified atom stereocenters. The van der Waals surface area contributed by atoms with Crippen molar-refractivity contribution in [3.05, 3.63) is 29.3 Å². The van der Waals surface area contributed by atoms with Crippen LogP contribution in [-0.4, -0.2) is 16.0 Å². The van der Waals surface area contributed by atoms with Gasteiger partial charge in [-0.05, 0) is 36.1 Å². The van der Waals surface area contributed by atoms with Gasteiger partial charge in [-0.2, -0.15) is 0 Å². The number of fused-ring (bicyclic) bond motifs is 1. The molecule has 1 aliphatic carbocycles. The zero-order valence-corrected chi connectivity index (χ0v) is 7.20. The first-order chi connectivity index (χ1) is 6.29. The molecule has 3 nitrogen and oxygen atoms in total. The van der Waals surface area contributed by atoms with Gasteiger partial charge in [0.1, 0.15) is 5.75 Å². The van der Waals surface area contributed by atoms with Gasteiger partial charge < -0.3 is 10.3 Å². The van der Waals surface area contributed by atoms with E-state index in [4.69, 9.17) is 5.21 Å². The second-order valence-corrected chi connectivity index (χ2v) is 3.30. The molecule has 1 aromatic rings. The molecule has 3 heteroatoms. The third-order valence-corrected chi connectivity index (χ3v) is 2.41. The van der Waals surface area contributed by atoms with Crippen LogP contribution in [0.3, 0.4) is 0 Å². The summed E-state index contributed by atoms with van der Waals surface area (Å²) in [4.78, 5) is 0. The average Bonchev–Trinajstić information content (AvgIpc) is 2.17. The predicted octanol–water partition coefficient (Wildman–Crippen LogP) is 1.71. The molecule has 1 aliphatic rings. The standard InChI is InChI=1S/C10H11NO2/c12-10-4-2-7-5-9(11-13)3-1-8(7)6-10/h2,4,6,12-13H,1,3,5H2/b11-9+. The van der Waals surface area contributed by atoms with E-state index in [1.54, 1.807) is 12.1 Å². The van der Waals surface area contributed by atoms with E-state index in [9.17, 15) is 5.11 Å². The van der Waals surface area contributed by atoms with Gasteiger partial charge in [-0.3, -0.25) is 0 Å². The third-order valence-electron chi connectivity index (χ3n) is 2.41. The summed E-state index contributed by atoms with van der Waals surface area (Å²) in [5.41, 5.74) is 3.13. The molecular weight excluding hydrogens is 166 g/mol.